The zero-order chi connectivity index (χ0) is 26.7. The number of fused-ring (bicyclic) bond motifs is 1. The van der Waals surface area contributed by atoms with Gasteiger partial charge in [-0.1, -0.05) is 78.8 Å². The van der Waals surface area contributed by atoms with E-state index >= 15 is 0 Å². The third kappa shape index (κ3) is 5.72. The van der Waals surface area contributed by atoms with Gasteiger partial charge >= 0.3 is 0 Å². The number of furan rings is 1. The molecule has 4 aromatic rings. The molecule has 0 amide bonds. The van der Waals surface area contributed by atoms with Crippen LogP contribution in [0.3, 0.4) is 0 Å². The van der Waals surface area contributed by atoms with Gasteiger partial charge < -0.3 is 19.3 Å². The van der Waals surface area contributed by atoms with Crippen LogP contribution in [-0.2, 0) is 10.3 Å². The van der Waals surface area contributed by atoms with Crippen LogP contribution in [0.4, 0.5) is 5.69 Å². The minimum absolute atomic E-state index is 0.111. The van der Waals surface area contributed by atoms with Crippen LogP contribution in [0.15, 0.2) is 101 Å². The summed E-state index contributed by atoms with van der Waals surface area (Å²) in [5, 5.41) is 16.4. The lowest BCUT2D eigenvalue weighted by Gasteiger charge is -2.45. The normalized spacial score (nSPS) is 23.0. The molecule has 1 N–H and O–H groups in total. The highest BCUT2D eigenvalue weighted by Crippen LogP contribution is 2.49. The Kier molecular flexibility index (Phi) is 7.40. The van der Waals surface area contributed by atoms with Crippen LogP contribution in [0.25, 0.3) is 11.0 Å². The number of rotatable bonds is 9. The maximum atomic E-state index is 10.8. The number of β-amino-alcohol motifs (C(OH)–C–C–N with tert-alkyl or cyclic N) is 1. The van der Waals surface area contributed by atoms with Crippen molar-refractivity contribution in [3.8, 4) is 0 Å². The molecule has 1 unspecified atom stereocenters. The summed E-state index contributed by atoms with van der Waals surface area (Å²) in [6, 6.07) is 31.3. The van der Waals surface area contributed by atoms with Crippen molar-refractivity contribution >= 4 is 22.4 Å². The Hall–Kier alpha value is -3.61. The van der Waals surface area contributed by atoms with Crippen LogP contribution in [0.5, 0.6) is 0 Å². The second-order valence-electron chi connectivity index (χ2n) is 11.2. The lowest BCUT2D eigenvalue weighted by atomic mass is 9.58. The van der Waals surface area contributed by atoms with E-state index in [0.29, 0.717) is 6.54 Å². The Balaban J connectivity index is 1.08. The van der Waals surface area contributed by atoms with E-state index in [1.807, 2.05) is 24.3 Å². The van der Waals surface area contributed by atoms with Gasteiger partial charge in [0.05, 0.1) is 0 Å². The molecule has 6 heteroatoms. The molecular weight excluding hydrogens is 486 g/mol. The number of anilines is 1. The second-order valence-corrected chi connectivity index (χ2v) is 11.2. The van der Waals surface area contributed by atoms with Gasteiger partial charge in [0, 0.05) is 49.7 Å². The highest BCUT2D eigenvalue weighted by Gasteiger charge is 2.45. The van der Waals surface area contributed by atoms with Crippen LogP contribution in [0.1, 0.15) is 31.1 Å². The number of oxime groups is 1. The van der Waals surface area contributed by atoms with Crippen molar-refractivity contribution < 1.29 is 14.4 Å². The molecule has 1 aliphatic heterocycles. The highest BCUT2D eigenvalue weighted by molar-refractivity contribution is 6.03. The maximum absolute atomic E-state index is 10.8. The van der Waals surface area contributed by atoms with Crippen molar-refractivity contribution in [2.75, 3.05) is 44.2 Å². The van der Waals surface area contributed by atoms with Crippen LogP contribution < -0.4 is 4.90 Å². The van der Waals surface area contributed by atoms with E-state index in [4.69, 9.17) is 9.25 Å². The Bertz CT molecular complexity index is 1350. The van der Waals surface area contributed by atoms with E-state index in [-0.39, 0.29) is 17.9 Å². The summed E-state index contributed by atoms with van der Waals surface area (Å²) in [6.45, 7) is 6.79. The topological polar surface area (TPSA) is 61.4 Å². The Morgan fingerprint density at radius 2 is 1.62 bits per heavy atom. The van der Waals surface area contributed by atoms with Crippen LogP contribution in [0, 0.1) is 5.92 Å². The predicted octanol–water partition coefficient (Wildman–Crippen LogP) is 5.70. The molecule has 0 radical (unpaired) electrons. The zero-order valence-corrected chi connectivity index (χ0v) is 22.6. The zero-order valence-electron chi connectivity index (χ0n) is 22.6. The molecule has 2 fully saturated rings. The summed E-state index contributed by atoms with van der Waals surface area (Å²) in [5.41, 5.74) is 4.41. The van der Waals surface area contributed by atoms with Crippen molar-refractivity contribution in [1.82, 2.24) is 4.90 Å². The van der Waals surface area contributed by atoms with Crippen molar-refractivity contribution in [3.63, 3.8) is 0 Å². The molecule has 1 saturated heterocycles. The van der Waals surface area contributed by atoms with Crippen molar-refractivity contribution in [2.24, 2.45) is 11.1 Å². The van der Waals surface area contributed by atoms with Crippen LogP contribution in [-0.4, -0.2) is 61.2 Å². The SMILES string of the molecule is CC1(c2ccccc2)CC(/C(=N/OCC(O)CN2CCN(c3ccccc3)CC2)c2cc3ccccc3o2)C1. The number of hydrogen-bond acceptors (Lipinski definition) is 6. The van der Waals surface area contributed by atoms with Crippen molar-refractivity contribution in [1.29, 1.82) is 0 Å². The molecule has 2 heterocycles. The molecule has 1 aromatic heterocycles. The van der Waals surface area contributed by atoms with E-state index in [2.05, 4.69) is 88.6 Å². The van der Waals surface area contributed by atoms with Gasteiger partial charge in [-0.25, -0.2) is 0 Å². The van der Waals surface area contributed by atoms with E-state index in [1.54, 1.807) is 0 Å². The first-order valence-corrected chi connectivity index (χ1v) is 14.0. The van der Waals surface area contributed by atoms with Crippen LogP contribution >= 0.6 is 0 Å². The molecule has 6 nitrogen and oxygen atoms in total. The molecule has 3 aromatic carbocycles. The third-order valence-electron chi connectivity index (χ3n) is 8.32. The monoisotopic (exact) mass is 523 g/mol. The van der Waals surface area contributed by atoms with Crippen molar-refractivity contribution in [2.45, 2.75) is 31.3 Å². The highest BCUT2D eigenvalue weighted by atomic mass is 16.6. The van der Waals surface area contributed by atoms with Gasteiger partial charge in [0.2, 0.25) is 0 Å². The fourth-order valence-electron chi connectivity index (χ4n) is 6.10. The molecule has 0 spiro atoms. The summed E-state index contributed by atoms with van der Waals surface area (Å²) in [7, 11) is 0. The molecule has 1 atom stereocenters. The largest absolute Gasteiger partial charge is 0.455 e. The Morgan fingerprint density at radius 3 is 2.33 bits per heavy atom. The first kappa shape index (κ1) is 25.7. The number of aliphatic hydroxyl groups is 1. The number of aliphatic hydroxyl groups excluding tert-OH is 1. The standard InChI is InChI=1S/C33H37N3O3/c1-33(27-11-4-2-5-12-27)21-26(22-33)32(31-20-25-10-8-9-15-30(25)39-31)34-38-24-29(37)23-35-16-18-36(19-17-35)28-13-6-3-7-14-28/h2-15,20,26,29,37H,16-19,21-24H2,1H3/b34-32-. The molecule has 202 valence electrons. The predicted molar refractivity (Wildman–Crippen MR) is 156 cm³/mol. The van der Waals surface area contributed by atoms with Gasteiger partial charge in [-0.15, -0.1) is 0 Å². The minimum Gasteiger partial charge on any atom is -0.455 e. The average molecular weight is 524 g/mol. The van der Waals surface area contributed by atoms with Crippen molar-refractivity contribution in [3.05, 3.63) is 102 Å². The van der Waals surface area contributed by atoms with E-state index < -0.39 is 6.10 Å². The molecular formula is C33H37N3O3. The lowest BCUT2D eigenvalue weighted by Crippen LogP contribution is -2.49. The number of benzene rings is 3. The van der Waals surface area contributed by atoms with Gasteiger partial charge in [-0.3, -0.25) is 4.90 Å². The van der Waals surface area contributed by atoms with E-state index in [0.717, 1.165) is 61.5 Å². The van der Waals surface area contributed by atoms with Gasteiger partial charge in [-0.05, 0) is 48.1 Å². The third-order valence-corrected chi connectivity index (χ3v) is 8.32. The molecule has 39 heavy (non-hydrogen) atoms. The molecule has 1 aliphatic carbocycles. The van der Waals surface area contributed by atoms with Gasteiger partial charge in [0.1, 0.15) is 24.0 Å². The Morgan fingerprint density at radius 1 is 0.949 bits per heavy atom. The van der Waals surface area contributed by atoms with Gasteiger partial charge in [0.15, 0.2) is 5.76 Å². The number of hydrogen-bond donors (Lipinski definition) is 1. The van der Waals surface area contributed by atoms with Gasteiger partial charge in [0.25, 0.3) is 0 Å². The number of nitrogens with zero attached hydrogens (tertiary/aromatic N) is 3. The second kappa shape index (κ2) is 11.2. The summed E-state index contributed by atoms with van der Waals surface area (Å²) >= 11 is 0. The first-order chi connectivity index (χ1) is 19.1. The summed E-state index contributed by atoms with van der Waals surface area (Å²) in [4.78, 5) is 10.5. The quantitative estimate of drug-likeness (QED) is 0.225. The molecule has 6 rings (SSSR count). The number of piperazine rings is 1. The Labute approximate surface area is 230 Å². The summed E-state index contributed by atoms with van der Waals surface area (Å²) < 4.78 is 6.20. The summed E-state index contributed by atoms with van der Waals surface area (Å²) in [5.74, 6) is 0.988. The maximum Gasteiger partial charge on any atom is 0.153 e. The van der Waals surface area contributed by atoms with E-state index in [9.17, 15) is 5.11 Å². The molecule has 2 aliphatic rings. The fourth-order valence-corrected chi connectivity index (χ4v) is 6.10. The lowest BCUT2D eigenvalue weighted by molar-refractivity contribution is 0.0169. The van der Waals surface area contributed by atoms with Gasteiger partial charge in [-0.2, -0.15) is 0 Å². The van der Waals surface area contributed by atoms with E-state index in [1.165, 1.54) is 11.3 Å². The van der Waals surface area contributed by atoms with Crippen LogP contribution in [0.2, 0.25) is 0 Å². The number of para-hydroxylation sites is 2. The summed E-state index contributed by atoms with van der Waals surface area (Å²) in [6.07, 6.45) is 1.35. The fraction of sp³-hybridized carbons (Fsp3) is 0.364. The average Bonchev–Trinajstić information content (AvgIpc) is 3.39. The smallest absolute Gasteiger partial charge is 0.153 e. The minimum atomic E-state index is -0.607. The first-order valence-electron chi connectivity index (χ1n) is 14.0. The molecule has 1 saturated carbocycles. The molecule has 0 bridgehead atoms.